The van der Waals surface area contributed by atoms with E-state index in [1.807, 2.05) is 0 Å². The highest BCUT2D eigenvalue weighted by molar-refractivity contribution is 6.30. The Balaban J connectivity index is 1.95. The molecule has 140 valence electrons. The molecule has 0 bridgehead atoms. The van der Waals surface area contributed by atoms with Crippen LogP contribution in [0.25, 0.3) is 5.76 Å². The van der Waals surface area contributed by atoms with Crippen molar-refractivity contribution in [2.24, 2.45) is 10.2 Å². The van der Waals surface area contributed by atoms with E-state index in [2.05, 4.69) is 15.5 Å². The molecule has 3 aromatic carbocycles. The van der Waals surface area contributed by atoms with Crippen LogP contribution in [0.5, 0.6) is 0 Å². The first-order chi connectivity index (χ1) is 13.5. The van der Waals surface area contributed by atoms with Crippen LogP contribution < -0.4 is 5.32 Å². The SMILES string of the molecule is O=C(Nc1ccc(Cl)cc1)/C(N=Nc1ccc(Cl)cc1)=C(/O)c1ccccc1. The second kappa shape index (κ2) is 9.17. The molecule has 3 rings (SSSR count). The van der Waals surface area contributed by atoms with Crippen LogP contribution in [0, 0.1) is 0 Å². The minimum Gasteiger partial charge on any atom is -0.505 e. The van der Waals surface area contributed by atoms with Crippen molar-refractivity contribution in [3.63, 3.8) is 0 Å². The fourth-order valence-electron chi connectivity index (χ4n) is 2.27. The monoisotopic (exact) mass is 411 g/mol. The first-order valence-electron chi connectivity index (χ1n) is 8.26. The number of carbonyl (C=O) groups is 1. The van der Waals surface area contributed by atoms with Crippen molar-refractivity contribution in [1.82, 2.24) is 0 Å². The highest BCUT2D eigenvalue weighted by Gasteiger charge is 2.17. The maximum Gasteiger partial charge on any atom is 0.280 e. The predicted molar refractivity (Wildman–Crippen MR) is 112 cm³/mol. The molecule has 0 spiro atoms. The van der Waals surface area contributed by atoms with Crippen LogP contribution in [0.1, 0.15) is 5.56 Å². The van der Waals surface area contributed by atoms with Gasteiger partial charge < -0.3 is 10.4 Å². The van der Waals surface area contributed by atoms with Gasteiger partial charge in [0.25, 0.3) is 5.91 Å². The molecule has 5 nitrogen and oxygen atoms in total. The lowest BCUT2D eigenvalue weighted by atomic mass is 10.1. The number of anilines is 1. The van der Waals surface area contributed by atoms with E-state index in [1.54, 1.807) is 78.9 Å². The molecule has 0 saturated carbocycles. The van der Waals surface area contributed by atoms with Crippen molar-refractivity contribution in [2.45, 2.75) is 0 Å². The standard InChI is InChI=1S/C21H15Cl2N3O2/c22-15-6-10-17(11-7-15)24-21(28)19(20(27)14-4-2-1-3-5-14)26-25-18-12-8-16(23)9-13-18/h1-13,27H,(H,24,28)/b20-19-,26-25?. The first-order valence-corrected chi connectivity index (χ1v) is 9.01. The Morgan fingerprint density at radius 1 is 0.821 bits per heavy atom. The van der Waals surface area contributed by atoms with Gasteiger partial charge in [-0.1, -0.05) is 53.5 Å². The quantitative estimate of drug-likeness (QED) is 0.280. The third kappa shape index (κ3) is 5.19. The predicted octanol–water partition coefficient (Wildman–Crippen LogP) is 6.64. The van der Waals surface area contributed by atoms with Crippen LogP contribution in [0.3, 0.4) is 0 Å². The second-order valence-corrected chi connectivity index (χ2v) is 6.57. The molecule has 3 aromatic rings. The van der Waals surface area contributed by atoms with Crippen molar-refractivity contribution < 1.29 is 9.90 Å². The maximum atomic E-state index is 12.8. The van der Waals surface area contributed by atoms with Crippen LogP contribution >= 0.6 is 23.2 Å². The largest absolute Gasteiger partial charge is 0.505 e. The summed E-state index contributed by atoms with van der Waals surface area (Å²) < 4.78 is 0. The van der Waals surface area contributed by atoms with E-state index in [0.29, 0.717) is 27.0 Å². The summed E-state index contributed by atoms with van der Waals surface area (Å²) >= 11 is 11.7. The minimum absolute atomic E-state index is 0.226. The zero-order chi connectivity index (χ0) is 19.9. The van der Waals surface area contributed by atoms with Crippen molar-refractivity contribution in [1.29, 1.82) is 0 Å². The Morgan fingerprint density at radius 3 is 2.00 bits per heavy atom. The van der Waals surface area contributed by atoms with Gasteiger partial charge in [-0.25, -0.2) is 0 Å². The average Bonchev–Trinajstić information content (AvgIpc) is 2.72. The average molecular weight is 412 g/mol. The zero-order valence-corrected chi connectivity index (χ0v) is 16.0. The van der Waals surface area contributed by atoms with Gasteiger partial charge in [-0.05, 0) is 48.5 Å². The van der Waals surface area contributed by atoms with Gasteiger partial charge in [-0.15, -0.1) is 5.11 Å². The van der Waals surface area contributed by atoms with Crippen molar-refractivity contribution >= 4 is 46.2 Å². The summed E-state index contributed by atoms with van der Waals surface area (Å²) in [4.78, 5) is 12.8. The van der Waals surface area contributed by atoms with E-state index in [1.165, 1.54) is 0 Å². The number of nitrogens with zero attached hydrogens (tertiary/aromatic N) is 2. The fourth-order valence-corrected chi connectivity index (χ4v) is 2.52. The third-order valence-corrected chi connectivity index (χ3v) is 4.18. The number of hydrogen-bond acceptors (Lipinski definition) is 4. The number of amides is 1. The maximum absolute atomic E-state index is 12.8. The van der Waals surface area contributed by atoms with Crippen molar-refractivity contribution in [3.8, 4) is 0 Å². The molecule has 0 fully saturated rings. The summed E-state index contributed by atoms with van der Waals surface area (Å²) in [5.74, 6) is -0.897. The summed E-state index contributed by atoms with van der Waals surface area (Å²) in [7, 11) is 0. The van der Waals surface area contributed by atoms with E-state index >= 15 is 0 Å². The molecular formula is C21H15Cl2N3O2. The van der Waals surface area contributed by atoms with Gasteiger partial charge in [0.2, 0.25) is 0 Å². The number of azo groups is 1. The van der Waals surface area contributed by atoms with E-state index in [-0.39, 0.29) is 11.5 Å². The first kappa shape index (κ1) is 19.6. The normalized spacial score (nSPS) is 11.9. The van der Waals surface area contributed by atoms with Crippen LogP contribution in [-0.4, -0.2) is 11.0 Å². The van der Waals surface area contributed by atoms with Crippen LogP contribution in [-0.2, 0) is 4.79 Å². The second-order valence-electron chi connectivity index (χ2n) is 5.70. The summed E-state index contributed by atoms with van der Waals surface area (Å²) in [6.07, 6.45) is 0. The Labute approximate surface area is 172 Å². The highest BCUT2D eigenvalue weighted by Crippen LogP contribution is 2.23. The Kier molecular flexibility index (Phi) is 6.42. The van der Waals surface area contributed by atoms with E-state index < -0.39 is 5.91 Å². The summed E-state index contributed by atoms with van der Waals surface area (Å²) in [6.45, 7) is 0. The van der Waals surface area contributed by atoms with Gasteiger partial charge in [-0.2, -0.15) is 5.11 Å². The lowest BCUT2D eigenvalue weighted by Crippen LogP contribution is -2.14. The molecule has 0 heterocycles. The van der Waals surface area contributed by atoms with E-state index in [0.717, 1.165) is 0 Å². The lowest BCUT2D eigenvalue weighted by Gasteiger charge is -2.08. The van der Waals surface area contributed by atoms with Gasteiger partial charge in [0.15, 0.2) is 11.5 Å². The topological polar surface area (TPSA) is 74.0 Å². The van der Waals surface area contributed by atoms with Gasteiger partial charge >= 0.3 is 0 Å². The van der Waals surface area contributed by atoms with Gasteiger partial charge in [0, 0.05) is 21.3 Å². The number of benzene rings is 3. The molecule has 0 aliphatic heterocycles. The van der Waals surface area contributed by atoms with Crippen LogP contribution in [0.2, 0.25) is 10.0 Å². The molecule has 7 heteroatoms. The van der Waals surface area contributed by atoms with Crippen molar-refractivity contribution in [3.05, 3.63) is 100 Å². The number of carbonyl (C=O) groups excluding carboxylic acids is 1. The molecule has 0 radical (unpaired) electrons. The Bertz CT molecular complexity index is 1020. The summed E-state index contributed by atoms with van der Waals surface area (Å²) in [6, 6.07) is 21.8. The summed E-state index contributed by atoms with van der Waals surface area (Å²) in [5, 5.41) is 22.4. The van der Waals surface area contributed by atoms with Gasteiger partial charge in [0.05, 0.1) is 5.69 Å². The van der Waals surface area contributed by atoms with Gasteiger partial charge in [0.1, 0.15) is 0 Å². The van der Waals surface area contributed by atoms with Crippen molar-refractivity contribution in [2.75, 3.05) is 5.32 Å². The molecule has 0 atom stereocenters. The number of rotatable bonds is 5. The summed E-state index contributed by atoms with van der Waals surface area (Å²) in [5.41, 5.74) is 1.21. The molecule has 2 N–H and O–H groups in total. The smallest absolute Gasteiger partial charge is 0.280 e. The Hall–Kier alpha value is -3.15. The number of hydrogen-bond donors (Lipinski definition) is 2. The number of aliphatic hydroxyl groups is 1. The number of nitrogens with one attached hydrogen (secondary N) is 1. The van der Waals surface area contributed by atoms with E-state index in [9.17, 15) is 9.90 Å². The van der Waals surface area contributed by atoms with Gasteiger partial charge in [-0.3, -0.25) is 4.79 Å². The fraction of sp³-hybridized carbons (Fsp3) is 0. The highest BCUT2D eigenvalue weighted by atomic mass is 35.5. The molecule has 0 saturated heterocycles. The Morgan fingerprint density at radius 2 is 1.39 bits per heavy atom. The molecule has 0 aromatic heterocycles. The minimum atomic E-state index is -0.610. The van der Waals surface area contributed by atoms with Crippen LogP contribution in [0.4, 0.5) is 11.4 Å². The molecule has 0 aliphatic carbocycles. The zero-order valence-electron chi connectivity index (χ0n) is 14.5. The van der Waals surface area contributed by atoms with E-state index in [4.69, 9.17) is 23.2 Å². The number of aliphatic hydroxyl groups excluding tert-OH is 1. The number of halogens is 2. The molecule has 1 amide bonds. The molecular weight excluding hydrogens is 397 g/mol. The third-order valence-electron chi connectivity index (χ3n) is 3.68. The lowest BCUT2D eigenvalue weighted by molar-refractivity contribution is -0.112. The molecule has 0 aliphatic rings. The van der Waals surface area contributed by atoms with Crippen LogP contribution in [0.15, 0.2) is 94.8 Å². The molecule has 0 unspecified atom stereocenters. The molecule has 28 heavy (non-hydrogen) atoms.